The number of nitrogens with one attached hydrogen (secondary N) is 2. The number of rotatable bonds is 8. The lowest BCUT2D eigenvalue weighted by Crippen LogP contribution is -2.49. The van der Waals surface area contributed by atoms with Gasteiger partial charge in [-0.3, -0.25) is 9.59 Å². The second-order valence-corrected chi connectivity index (χ2v) is 9.86. The largest absolute Gasteiger partial charge is 0.444 e. The van der Waals surface area contributed by atoms with E-state index in [9.17, 15) is 14.4 Å². The van der Waals surface area contributed by atoms with E-state index in [4.69, 9.17) is 4.74 Å². The van der Waals surface area contributed by atoms with Gasteiger partial charge in [-0.2, -0.15) is 0 Å². The molecule has 0 spiro atoms. The van der Waals surface area contributed by atoms with E-state index in [0.29, 0.717) is 0 Å². The first-order chi connectivity index (χ1) is 15.5. The summed E-state index contributed by atoms with van der Waals surface area (Å²) in [6, 6.07) is 5.19. The summed E-state index contributed by atoms with van der Waals surface area (Å²) in [4.78, 5) is 40.3. The van der Waals surface area contributed by atoms with Crippen LogP contribution in [0.5, 0.6) is 0 Å². The number of amides is 3. The van der Waals surface area contributed by atoms with Gasteiger partial charge in [-0.05, 0) is 53.0 Å². The maximum Gasteiger partial charge on any atom is 0.408 e. The van der Waals surface area contributed by atoms with E-state index in [-0.39, 0.29) is 30.9 Å². The number of nitrogens with zero attached hydrogens (tertiary/aromatic N) is 1. The maximum atomic E-state index is 13.5. The van der Waals surface area contributed by atoms with Gasteiger partial charge in [-0.15, -0.1) is 6.58 Å². The summed E-state index contributed by atoms with van der Waals surface area (Å²) in [5, 5.41) is 5.68. The molecule has 2 rings (SSSR count). The fourth-order valence-electron chi connectivity index (χ4n) is 4.22. The summed E-state index contributed by atoms with van der Waals surface area (Å²) >= 11 is 0. The standard InChI is InChI=1S/C26H39N3O4/c1-7-13-29(22(30)17-27-25(32)33-26(4,5)6)23(20-15-18(2)14-19(3)16-20)24(31)28-21-11-9-8-10-12-21/h7,14-16,21,23H,1,8-13,17H2,2-6H3,(H,27,32)(H,28,31). The summed E-state index contributed by atoms with van der Waals surface area (Å²) in [7, 11) is 0. The Morgan fingerprint density at radius 3 is 2.27 bits per heavy atom. The molecule has 0 heterocycles. The minimum Gasteiger partial charge on any atom is -0.444 e. The SMILES string of the molecule is C=CCN(C(=O)CNC(=O)OC(C)(C)C)C(C(=O)NC1CCCCC1)c1cc(C)cc(C)c1. The van der Waals surface area contributed by atoms with Crippen LogP contribution in [0.1, 0.15) is 75.6 Å². The van der Waals surface area contributed by atoms with Gasteiger partial charge in [0.15, 0.2) is 0 Å². The summed E-state index contributed by atoms with van der Waals surface area (Å²) < 4.78 is 5.23. The van der Waals surface area contributed by atoms with Crippen molar-refractivity contribution < 1.29 is 19.1 Å². The molecular weight excluding hydrogens is 418 g/mol. The molecule has 1 aliphatic rings. The van der Waals surface area contributed by atoms with Gasteiger partial charge in [0.25, 0.3) is 0 Å². The number of ether oxygens (including phenoxy) is 1. The number of benzene rings is 1. The number of carbonyl (C=O) groups excluding carboxylic acids is 3. The summed E-state index contributed by atoms with van der Waals surface area (Å²) in [6.07, 6.45) is 6.17. The van der Waals surface area contributed by atoms with Crippen molar-refractivity contribution in [3.05, 3.63) is 47.5 Å². The molecule has 0 bridgehead atoms. The van der Waals surface area contributed by atoms with Crippen molar-refractivity contribution in [1.29, 1.82) is 0 Å². The van der Waals surface area contributed by atoms with Crippen LogP contribution < -0.4 is 10.6 Å². The second kappa shape index (κ2) is 11.9. The van der Waals surface area contributed by atoms with Crippen molar-refractivity contribution in [2.75, 3.05) is 13.1 Å². The highest BCUT2D eigenvalue weighted by Crippen LogP contribution is 2.26. The number of hydrogen-bond acceptors (Lipinski definition) is 4. The third-order valence-corrected chi connectivity index (χ3v) is 5.50. The summed E-state index contributed by atoms with van der Waals surface area (Å²) in [6.45, 7) is 12.9. The van der Waals surface area contributed by atoms with Crippen LogP contribution in [-0.4, -0.2) is 47.5 Å². The van der Waals surface area contributed by atoms with Crippen LogP contribution in [0.4, 0.5) is 4.79 Å². The van der Waals surface area contributed by atoms with Crippen molar-refractivity contribution in [2.45, 2.75) is 84.4 Å². The first-order valence-corrected chi connectivity index (χ1v) is 11.8. The quantitative estimate of drug-likeness (QED) is 0.569. The van der Waals surface area contributed by atoms with Crippen LogP contribution in [0.2, 0.25) is 0 Å². The summed E-state index contributed by atoms with van der Waals surface area (Å²) in [5.41, 5.74) is 2.10. The predicted molar refractivity (Wildman–Crippen MR) is 130 cm³/mol. The van der Waals surface area contributed by atoms with Crippen molar-refractivity contribution in [3.63, 3.8) is 0 Å². The zero-order chi connectivity index (χ0) is 24.6. The maximum absolute atomic E-state index is 13.5. The molecule has 7 nitrogen and oxygen atoms in total. The molecule has 3 amide bonds. The van der Waals surface area contributed by atoms with Crippen LogP contribution in [0.15, 0.2) is 30.9 Å². The van der Waals surface area contributed by atoms with Gasteiger partial charge < -0.3 is 20.3 Å². The van der Waals surface area contributed by atoms with Crippen molar-refractivity contribution in [1.82, 2.24) is 15.5 Å². The van der Waals surface area contributed by atoms with Gasteiger partial charge in [0.2, 0.25) is 11.8 Å². The summed E-state index contributed by atoms with van der Waals surface area (Å²) in [5.74, 6) is -0.594. The Balaban J connectivity index is 2.29. The van der Waals surface area contributed by atoms with Crippen LogP contribution in [-0.2, 0) is 14.3 Å². The Morgan fingerprint density at radius 2 is 1.73 bits per heavy atom. The average molecular weight is 458 g/mol. The Hall–Kier alpha value is -2.83. The minimum atomic E-state index is -0.823. The number of carbonyl (C=O) groups is 3. The fourth-order valence-corrected chi connectivity index (χ4v) is 4.22. The molecule has 1 unspecified atom stereocenters. The normalized spacial score (nSPS) is 15.3. The molecule has 1 fully saturated rings. The predicted octanol–water partition coefficient (Wildman–Crippen LogP) is 4.33. The van der Waals surface area contributed by atoms with Crippen molar-refractivity contribution >= 4 is 17.9 Å². The van der Waals surface area contributed by atoms with E-state index in [1.807, 2.05) is 32.0 Å². The highest BCUT2D eigenvalue weighted by atomic mass is 16.6. The van der Waals surface area contributed by atoms with E-state index < -0.39 is 17.7 Å². The lowest BCUT2D eigenvalue weighted by Gasteiger charge is -2.33. The van der Waals surface area contributed by atoms with Gasteiger partial charge in [0, 0.05) is 12.6 Å². The van der Waals surface area contributed by atoms with Crippen molar-refractivity contribution in [2.24, 2.45) is 0 Å². The topological polar surface area (TPSA) is 87.7 Å². The first kappa shape index (κ1) is 26.4. The van der Waals surface area contributed by atoms with E-state index in [0.717, 1.165) is 42.4 Å². The number of aryl methyl sites for hydroxylation is 2. The Labute approximate surface area is 197 Å². The fraction of sp³-hybridized carbons (Fsp3) is 0.577. The van der Waals surface area contributed by atoms with Crippen LogP contribution in [0, 0.1) is 13.8 Å². The number of hydrogen-bond donors (Lipinski definition) is 2. The Bertz CT molecular complexity index is 833. The molecule has 1 aromatic rings. The highest BCUT2D eigenvalue weighted by molar-refractivity contribution is 5.90. The van der Waals surface area contributed by atoms with Crippen LogP contribution in [0.25, 0.3) is 0 Å². The third kappa shape index (κ3) is 8.56. The third-order valence-electron chi connectivity index (χ3n) is 5.50. The van der Waals surface area contributed by atoms with Crippen LogP contribution >= 0.6 is 0 Å². The minimum absolute atomic E-state index is 0.111. The molecule has 1 aliphatic carbocycles. The molecule has 182 valence electrons. The zero-order valence-electron chi connectivity index (χ0n) is 20.7. The molecule has 1 aromatic carbocycles. The zero-order valence-corrected chi connectivity index (χ0v) is 20.7. The molecule has 2 N–H and O–H groups in total. The van der Waals surface area contributed by atoms with Gasteiger partial charge in [0.05, 0.1) is 0 Å². The van der Waals surface area contributed by atoms with E-state index in [1.165, 1.54) is 11.3 Å². The van der Waals surface area contributed by atoms with E-state index >= 15 is 0 Å². The van der Waals surface area contributed by atoms with E-state index in [1.54, 1.807) is 26.8 Å². The smallest absolute Gasteiger partial charge is 0.408 e. The molecule has 0 radical (unpaired) electrons. The number of alkyl carbamates (subject to hydrolysis) is 1. The van der Waals surface area contributed by atoms with E-state index in [2.05, 4.69) is 17.2 Å². The molecule has 0 saturated heterocycles. The first-order valence-electron chi connectivity index (χ1n) is 11.8. The molecular formula is C26H39N3O4. The Morgan fingerprint density at radius 1 is 1.12 bits per heavy atom. The van der Waals surface area contributed by atoms with Gasteiger partial charge in [-0.1, -0.05) is 54.7 Å². The van der Waals surface area contributed by atoms with Crippen LogP contribution in [0.3, 0.4) is 0 Å². The molecule has 0 aromatic heterocycles. The molecule has 0 aliphatic heterocycles. The average Bonchev–Trinajstić information content (AvgIpc) is 2.70. The van der Waals surface area contributed by atoms with Crippen molar-refractivity contribution in [3.8, 4) is 0 Å². The monoisotopic (exact) mass is 457 g/mol. The van der Waals surface area contributed by atoms with Gasteiger partial charge in [-0.25, -0.2) is 4.79 Å². The van der Waals surface area contributed by atoms with Gasteiger partial charge in [0.1, 0.15) is 18.2 Å². The molecule has 1 atom stereocenters. The highest BCUT2D eigenvalue weighted by Gasteiger charge is 2.33. The second-order valence-electron chi connectivity index (χ2n) is 9.86. The molecule has 7 heteroatoms. The molecule has 1 saturated carbocycles. The lowest BCUT2D eigenvalue weighted by atomic mass is 9.94. The molecule has 33 heavy (non-hydrogen) atoms. The lowest BCUT2D eigenvalue weighted by molar-refractivity contribution is -0.140. The van der Waals surface area contributed by atoms with Gasteiger partial charge >= 0.3 is 6.09 Å². The Kier molecular flexibility index (Phi) is 9.50.